The molecule has 0 aromatic heterocycles. The van der Waals surface area contributed by atoms with Crippen molar-refractivity contribution in [1.82, 2.24) is 0 Å². The van der Waals surface area contributed by atoms with Crippen molar-refractivity contribution in [1.29, 1.82) is 0 Å². The van der Waals surface area contributed by atoms with E-state index in [1.54, 1.807) is 7.11 Å². The first-order valence-electron chi connectivity index (χ1n) is 3.90. The molecule has 0 radical (unpaired) electrons. The lowest BCUT2D eigenvalue weighted by Gasteiger charge is -2.20. The van der Waals surface area contributed by atoms with Crippen molar-refractivity contribution in [2.45, 2.75) is 27.7 Å². The van der Waals surface area contributed by atoms with Crippen LogP contribution in [0, 0.1) is 5.41 Å². The van der Waals surface area contributed by atoms with Gasteiger partial charge in [0.2, 0.25) is 0 Å². The minimum absolute atomic E-state index is 0.105. The molecule has 0 heterocycles. The number of rotatable bonds is 2. The minimum atomic E-state index is 0.105. The lowest BCUT2D eigenvalue weighted by molar-refractivity contribution is 0.206. The quantitative estimate of drug-likeness (QED) is 0.438. The molecular weight excluding hydrogens is 136 g/mol. The van der Waals surface area contributed by atoms with Gasteiger partial charge in [-0.3, -0.25) is 0 Å². The van der Waals surface area contributed by atoms with Gasteiger partial charge in [-0.1, -0.05) is 32.9 Å². The molecule has 0 atom stereocenters. The van der Waals surface area contributed by atoms with Crippen LogP contribution in [0.15, 0.2) is 24.0 Å². The summed E-state index contributed by atoms with van der Waals surface area (Å²) in [6.45, 7) is 8.38. The first kappa shape index (κ1) is 10.3. The number of allylic oxidation sites excluding steroid dienone is 4. The Morgan fingerprint density at radius 2 is 1.82 bits per heavy atom. The summed E-state index contributed by atoms with van der Waals surface area (Å²) in [7, 11) is 1.71. The lowest BCUT2D eigenvalue weighted by atomic mass is 9.93. The fourth-order valence-electron chi connectivity index (χ4n) is 0.808. The van der Waals surface area contributed by atoms with Crippen molar-refractivity contribution in [3.05, 3.63) is 24.0 Å². The predicted octanol–water partition coefficient (Wildman–Crippen LogP) is 3.14. The third-order valence-electron chi connectivity index (χ3n) is 1.40. The van der Waals surface area contributed by atoms with Gasteiger partial charge >= 0.3 is 0 Å². The zero-order valence-corrected chi connectivity index (χ0v) is 8.14. The van der Waals surface area contributed by atoms with Crippen molar-refractivity contribution in [2.75, 3.05) is 7.11 Å². The van der Waals surface area contributed by atoms with E-state index in [4.69, 9.17) is 4.74 Å². The van der Waals surface area contributed by atoms with E-state index in [0.29, 0.717) is 0 Å². The van der Waals surface area contributed by atoms with Crippen LogP contribution in [0.4, 0.5) is 0 Å². The molecule has 0 unspecified atom stereocenters. The SMILES string of the molecule is C/C=C\C=C(/OC)C(C)(C)C. The summed E-state index contributed by atoms with van der Waals surface area (Å²) >= 11 is 0. The molecule has 64 valence electrons. The maximum absolute atomic E-state index is 5.23. The van der Waals surface area contributed by atoms with Crippen LogP contribution in [0.5, 0.6) is 0 Å². The molecule has 0 N–H and O–H groups in total. The molecular formula is C10H18O. The van der Waals surface area contributed by atoms with Crippen LogP contribution >= 0.6 is 0 Å². The van der Waals surface area contributed by atoms with Crippen LogP contribution in [0.3, 0.4) is 0 Å². The number of hydrogen-bond acceptors (Lipinski definition) is 1. The standard InChI is InChI=1S/C10H18O/c1-6-7-8-9(11-5)10(2,3)4/h6-8H,1-5H3/b7-6-,9-8-. The predicted molar refractivity (Wildman–Crippen MR) is 49.4 cm³/mol. The Balaban J connectivity index is 4.40. The van der Waals surface area contributed by atoms with Gasteiger partial charge in [0.05, 0.1) is 7.11 Å². The van der Waals surface area contributed by atoms with Crippen LogP contribution in [0.25, 0.3) is 0 Å². The van der Waals surface area contributed by atoms with E-state index in [2.05, 4.69) is 20.8 Å². The second-order valence-corrected chi connectivity index (χ2v) is 3.51. The summed E-state index contributed by atoms with van der Waals surface area (Å²) < 4.78 is 5.23. The molecule has 0 aliphatic rings. The fourth-order valence-corrected chi connectivity index (χ4v) is 0.808. The zero-order chi connectivity index (χ0) is 8.91. The van der Waals surface area contributed by atoms with Gasteiger partial charge in [-0.05, 0) is 13.0 Å². The Hall–Kier alpha value is -0.720. The van der Waals surface area contributed by atoms with Crippen molar-refractivity contribution < 1.29 is 4.74 Å². The number of methoxy groups -OCH3 is 1. The molecule has 0 aliphatic heterocycles. The van der Waals surface area contributed by atoms with Gasteiger partial charge in [0.1, 0.15) is 5.76 Å². The average molecular weight is 154 g/mol. The van der Waals surface area contributed by atoms with Crippen molar-refractivity contribution in [2.24, 2.45) is 5.41 Å². The highest BCUT2D eigenvalue weighted by Crippen LogP contribution is 2.25. The van der Waals surface area contributed by atoms with Crippen molar-refractivity contribution >= 4 is 0 Å². The Bertz CT molecular complexity index is 158. The maximum Gasteiger partial charge on any atom is 0.101 e. The lowest BCUT2D eigenvalue weighted by Crippen LogP contribution is -2.10. The van der Waals surface area contributed by atoms with Crippen LogP contribution in [0.2, 0.25) is 0 Å². The molecule has 1 nitrogen and oxygen atoms in total. The van der Waals surface area contributed by atoms with Gasteiger partial charge in [-0.25, -0.2) is 0 Å². The first-order chi connectivity index (χ1) is 5.02. The smallest absolute Gasteiger partial charge is 0.101 e. The molecule has 0 rings (SSSR count). The normalized spacial score (nSPS) is 14.1. The van der Waals surface area contributed by atoms with Gasteiger partial charge in [-0.15, -0.1) is 0 Å². The van der Waals surface area contributed by atoms with E-state index in [9.17, 15) is 0 Å². The molecule has 0 saturated heterocycles. The molecule has 0 bridgehead atoms. The first-order valence-corrected chi connectivity index (χ1v) is 3.90. The van der Waals surface area contributed by atoms with Crippen LogP contribution in [-0.2, 0) is 4.74 Å². The van der Waals surface area contributed by atoms with E-state index >= 15 is 0 Å². The van der Waals surface area contributed by atoms with Gasteiger partial charge in [0.15, 0.2) is 0 Å². The molecule has 0 aromatic carbocycles. The van der Waals surface area contributed by atoms with Crippen molar-refractivity contribution in [3.63, 3.8) is 0 Å². The van der Waals surface area contributed by atoms with Crippen molar-refractivity contribution in [3.8, 4) is 0 Å². The topological polar surface area (TPSA) is 9.23 Å². The summed E-state index contributed by atoms with van der Waals surface area (Å²) in [5.74, 6) is 1.01. The summed E-state index contributed by atoms with van der Waals surface area (Å²) in [4.78, 5) is 0. The highest BCUT2D eigenvalue weighted by Gasteiger charge is 2.16. The average Bonchev–Trinajstić information content (AvgIpc) is 1.87. The van der Waals surface area contributed by atoms with Crippen LogP contribution in [0.1, 0.15) is 27.7 Å². The summed E-state index contributed by atoms with van der Waals surface area (Å²) in [5.41, 5.74) is 0.105. The molecule has 11 heavy (non-hydrogen) atoms. The van der Waals surface area contributed by atoms with E-state index in [1.807, 2.05) is 25.2 Å². The summed E-state index contributed by atoms with van der Waals surface area (Å²) in [5, 5.41) is 0. The maximum atomic E-state index is 5.23. The second kappa shape index (κ2) is 4.22. The van der Waals surface area contributed by atoms with E-state index in [0.717, 1.165) is 5.76 Å². The van der Waals surface area contributed by atoms with E-state index in [-0.39, 0.29) is 5.41 Å². The molecule has 0 amide bonds. The highest BCUT2D eigenvalue weighted by atomic mass is 16.5. The van der Waals surface area contributed by atoms with E-state index < -0.39 is 0 Å². The van der Waals surface area contributed by atoms with Gasteiger partial charge < -0.3 is 4.74 Å². The van der Waals surface area contributed by atoms with Crippen LogP contribution < -0.4 is 0 Å². The molecule has 0 spiro atoms. The minimum Gasteiger partial charge on any atom is -0.501 e. The Morgan fingerprint density at radius 3 is 2.09 bits per heavy atom. The fraction of sp³-hybridized carbons (Fsp3) is 0.600. The monoisotopic (exact) mass is 154 g/mol. The Labute approximate surface area is 69.8 Å². The number of hydrogen-bond donors (Lipinski definition) is 0. The largest absolute Gasteiger partial charge is 0.501 e. The molecule has 0 saturated carbocycles. The zero-order valence-electron chi connectivity index (χ0n) is 8.14. The summed E-state index contributed by atoms with van der Waals surface area (Å²) in [6.07, 6.45) is 5.98. The number of ether oxygens (including phenoxy) is 1. The highest BCUT2D eigenvalue weighted by molar-refractivity contribution is 5.11. The Morgan fingerprint density at radius 1 is 1.27 bits per heavy atom. The van der Waals surface area contributed by atoms with Gasteiger partial charge in [0, 0.05) is 5.41 Å². The van der Waals surface area contributed by atoms with Gasteiger partial charge in [-0.2, -0.15) is 0 Å². The molecule has 0 fully saturated rings. The molecule has 0 aromatic rings. The van der Waals surface area contributed by atoms with E-state index in [1.165, 1.54) is 0 Å². The van der Waals surface area contributed by atoms with Gasteiger partial charge in [0.25, 0.3) is 0 Å². The molecule has 1 heteroatoms. The third kappa shape index (κ3) is 3.87. The molecule has 0 aliphatic carbocycles. The summed E-state index contributed by atoms with van der Waals surface area (Å²) in [6, 6.07) is 0. The second-order valence-electron chi connectivity index (χ2n) is 3.51. The Kier molecular flexibility index (Phi) is 3.94. The van der Waals surface area contributed by atoms with Crippen LogP contribution in [-0.4, -0.2) is 7.11 Å². The third-order valence-corrected chi connectivity index (χ3v) is 1.40.